The van der Waals surface area contributed by atoms with E-state index in [1.165, 1.54) is 0 Å². The van der Waals surface area contributed by atoms with Crippen molar-refractivity contribution in [3.63, 3.8) is 0 Å². The average molecular weight is 221 g/mol. The summed E-state index contributed by atoms with van der Waals surface area (Å²) in [7, 11) is 1.67. The van der Waals surface area contributed by atoms with E-state index in [0.29, 0.717) is 0 Å². The van der Waals surface area contributed by atoms with Crippen molar-refractivity contribution in [2.75, 3.05) is 13.7 Å². The zero-order valence-electron chi connectivity index (χ0n) is 9.90. The van der Waals surface area contributed by atoms with E-state index in [0.717, 1.165) is 30.8 Å². The predicted octanol–water partition coefficient (Wildman–Crippen LogP) is 2.26. The molecule has 0 aromatic heterocycles. The molecule has 1 aromatic rings. The molecule has 0 amide bonds. The van der Waals surface area contributed by atoms with Gasteiger partial charge < -0.3 is 15.2 Å². The lowest BCUT2D eigenvalue weighted by molar-refractivity contribution is -0.00176. The van der Waals surface area contributed by atoms with Crippen molar-refractivity contribution in [1.29, 1.82) is 0 Å². The number of methoxy groups -OCH3 is 1. The first-order chi connectivity index (χ1) is 7.65. The fraction of sp³-hybridized carbons (Fsp3) is 0.538. The Kier molecular flexibility index (Phi) is 3.17. The molecule has 3 heteroatoms. The van der Waals surface area contributed by atoms with E-state index in [9.17, 15) is 0 Å². The SMILES string of the molecule is COc1cccc(C(N)C2(C)CCCO2)c1. The molecular formula is C13H19NO2. The van der Waals surface area contributed by atoms with Crippen LogP contribution in [0.3, 0.4) is 0 Å². The highest BCUT2D eigenvalue weighted by atomic mass is 16.5. The van der Waals surface area contributed by atoms with Crippen molar-refractivity contribution in [3.8, 4) is 5.75 Å². The number of hydrogen-bond donors (Lipinski definition) is 1. The molecule has 16 heavy (non-hydrogen) atoms. The van der Waals surface area contributed by atoms with Crippen LogP contribution in [0.2, 0.25) is 0 Å². The smallest absolute Gasteiger partial charge is 0.119 e. The minimum Gasteiger partial charge on any atom is -0.497 e. The third-order valence-corrected chi connectivity index (χ3v) is 3.36. The van der Waals surface area contributed by atoms with Crippen molar-refractivity contribution >= 4 is 0 Å². The van der Waals surface area contributed by atoms with Crippen LogP contribution in [0.25, 0.3) is 0 Å². The van der Waals surface area contributed by atoms with E-state index < -0.39 is 0 Å². The summed E-state index contributed by atoms with van der Waals surface area (Å²) in [4.78, 5) is 0. The first-order valence-electron chi connectivity index (χ1n) is 5.69. The van der Waals surface area contributed by atoms with Crippen LogP contribution in [0.4, 0.5) is 0 Å². The molecule has 2 atom stereocenters. The Balaban J connectivity index is 2.22. The molecule has 2 rings (SSSR count). The first-order valence-corrected chi connectivity index (χ1v) is 5.69. The molecule has 0 bridgehead atoms. The van der Waals surface area contributed by atoms with Crippen LogP contribution in [0, 0.1) is 0 Å². The van der Waals surface area contributed by atoms with Gasteiger partial charge in [-0.1, -0.05) is 12.1 Å². The zero-order valence-corrected chi connectivity index (χ0v) is 9.90. The molecule has 1 fully saturated rings. The molecule has 3 nitrogen and oxygen atoms in total. The topological polar surface area (TPSA) is 44.5 Å². The van der Waals surface area contributed by atoms with Gasteiger partial charge in [0.25, 0.3) is 0 Å². The lowest BCUT2D eigenvalue weighted by Crippen LogP contribution is -2.37. The second kappa shape index (κ2) is 4.44. The Bertz CT molecular complexity index is 359. The largest absolute Gasteiger partial charge is 0.497 e. The fourth-order valence-electron chi connectivity index (χ4n) is 2.23. The molecule has 0 radical (unpaired) electrons. The molecule has 0 aliphatic carbocycles. The maximum absolute atomic E-state index is 6.28. The van der Waals surface area contributed by atoms with Gasteiger partial charge in [0.15, 0.2) is 0 Å². The van der Waals surface area contributed by atoms with Gasteiger partial charge >= 0.3 is 0 Å². The van der Waals surface area contributed by atoms with Gasteiger partial charge in [0, 0.05) is 6.61 Å². The van der Waals surface area contributed by atoms with Crippen molar-refractivity contribution in [3.05, 3.63) is 29.8 Å². The van der Waals surface area contributed by atoms with Crippen LogP contribution >= 0.6 is 0 Å². The molecule has 0 saturated carbocycles. The summed E-state index contributed by atoms with van der Waals surface area (Å²) < 4.78 is 11.0. The van der Waals surface area contributed by atoms with E-state index in [-0.39, 0.29) is 11.6 Å². The minimum absolute atomic E-state index is 0.0925. The number of ether oxygens (including phenoxy) is 2. The third kappa shape index (κ3) is 2.06. The Hall–Kier alpha value is -1.06. The summed E-state index contributed by atoms with van der Waals surface area (Å²) in [5, 5.41) is 0. The highest BCUT2D eigenvalue weighted by Crippen LogP contribution is 2.36. The molecule has 1 heterocycles. The molecule has 1 aliphatic heterocycles. The summed E-state index contributed by atoms with van der Waals surface area (Å²) in [6, 6.07) is 7.81. The standard InChI is InChI=1S/C13H19NO2/c1-13(7-4-8-16-13)12(14)10-5-3-6-11(9-10)15-2/h3,5-6,9,12H,4,7-8,14H2,1-2H3. The van der Waals surface area contributed by atoms with Gasteiger partial charge in [0.05, 0.1) is 18.8 Å². The molecule has 88 valence electrons. The van der Waals surface area contributed by atoms with Gasteiger partial charge in [0.2, 0.25) is 0 Å². The number of benzene rings is 1. The average Bonchev–Trinajstić information content (AvgIpc) is 2.76. The van der Waals surface area contributed by atoms with Crippen LogP contribution < -0.4 is 10.5 Å². The van der Waals surface area contributed by atoms with E-state index in [1.54, 1.807) is 7.11 Å². The van der Waals surface area contributed by atoms with Crippen LogP contribution in [0.5, 0.6) is 5.75 Å². The van der Waals surface area contributed by atoms with Crippen LogP contribution in [0.1, 0.15) is 31.4 Å². The van der Waals surface area contributed by atoms with Gasteiger partial charge in [-0.05, 0) is 37.5 Å². The van der Waals surface area contributed by atoms with Crippen LogP contribution in [-0.4, -0.2) is 19.3 Å². The highest BCUT2D eigenvalue weighted by molar-refractivity contribution is 5.31. The van der Waals surface area contributed by atoms with Crippen molar-refractivity contribution in [2.24, 2.45) is 5.73 Å². The van der Waals surface area contributed by atoms with E-state index in [1.807, 2.05) is 24.3 Å². The summed E-state index contributed by atoms with van der Waals surface area (Å²) in [6.07, 6.45) is 2.11. The number of hydrogen-bond acceptors (Lipinski definition) is 3. The first kappa shape index (κ1) is 11.4. The molecule has 2 unspecified atom stereocenters. The monoisotopic (exact) mass is 221 g/mol. The van der Waals surface area contributed by atoms with Crippen molar-refractivity contribution < 1.29 is 9.47 Å². The van der Waals surface area contributed by atoms with E-state index >= 15 is 0 Å². The number of nitrogens with two attached hydrogens (primary N) is 1. The Morgan fingerprint density at radius 2 is 2.31 bits per heavy atom. The molecule has 1 aromatic carbocycles. The summed E-state index contributed by atoms with van der Waals surface area (Å²) >= 11 is 0. The quantitative estimate of drug-likeness (QED) is 0.851. The van der Waals surface area contributed by atoms with Gasteiger partial charge in [-0.25, -0.2) is 0 Å². The summed E-state index contributed by atoms with van der Waals surface area (Å²) in [5.74, 6) is 0.842. The predicted molar refractivity (Wildman–Crippen MR) is 63.5 cm³/mol. The maximum Gasteiger partial charge on any atom is 0.119 e. The van der Waals surface area contributed by atoms with Crippen molar-refractivity contribution in [2.45, 2.75) is 31.4 Å². The fourth-order valence-corrected chi connectivity index (χ4v) is 2.23. The highest BCUT2D eigenvalue weighted by Gasteiger charge is 2.37. The maximum atomic E-state index is 6.28. The Morgan fingerprint density at radius 1 is 1.50 bits per heavy atom. The lowest BCUT2D eigenvalue weighted by Gasteiger charge is -2.30. The molecule has 0 spiro atoms. The molecule has 1 saturated heterocycles. The molecular weight excluding hydrogens is 202 g/mol. The van der Waals surface area contributed by atoms with Gasteiger partial charge in [-0.3, -0.25) is 0 Å². The second-order valence-electron chi connectivity index (χ2n) is 4.52. The Labute approximate surface area is 96.5 Å². The van der Waals surface area contributed by atoms with E-state index in [2.05, 4.69) is 6.92 Å². The van der Waals surface area contributed by atoms with Crippen molar-refractivity contribution in [1.82, 2.24) is 0 Å². The normalized spacial score (nSPS) is 26.7. The van der Waals surface area contributed by atoms with Crippen LogP contribution in [0.15, 0.2) is 24.3 Å². The second-order valence-corrected chi connectivity index (χ2v) is 4.52. The molecule has 1 aliphatic rings. The summed E-state index contributed by atoms with van der Waals surface area (Å²) in [6.45, 7) is 2.90. The van der Waals surface area contributed by atoms with Gasteiger partial charge in [-0.2, -0.15) is 0 Å². The minimum atomic E-state index is -0.230. The lowest BCUT2D eigenvalue weighted by atomic mass is 9.88. The summed E-state index contributed by atoms with van der Waals surface area (Å²) in [5.41, 5.74) is 7.12. The van der Waals surface area contributed by atoms with Crippen LogP contribution in [-0.2, 0) is 4.74 Å². The third-order valence-electron chi connectivity index (χ3n) is 3.36. The number of rotatable bonds is 3. The molecule has 2 N–H and O–H groups in total. The van der Waals surface area contributed by atoms with Gasteiger partial charge in [0.1, 0.15) is 5.75 Å². The zero-order chi connectivity index (χ0) is 11.6. The Morgan fingerprint density at radius 3 is 2.94 bits per heavy atom. The van der Waals surface area contributed by atoms with E-state index in [4.69, 9.17) is 15.2 Å². The van der Waals surface area contributed by atoms with Gasteiger partial charge in [-0.15, -0.1) is 0 Å².